The summed E-state index contributed by atoms with van der Waals surface area (Å²) in [6.07, 6.45) is 0. The van der Waals surface area contributed by atoms with Crippen LogP contribution in [0, 0.1) is 6.92 Å². The molecular weight excluding hydrogens is 350 g/mol. The minimum absolute atomic E-state index is 0.253. The first-order chi connectivity index (χ1) is 9.88. The van der Waals surface area contributed by atoms with Crippen LogP contribution < -0.4 is 4.90 Å². The van der Waals surface area contributed by atoms with Crippen LogP contribution in [0.1, 0.15) is 36.7 Å². The highest BCUT2D eigenvalue weighted by Crippen LogP contribution is 2.26. The van der Waals surface area contributed by atoms with E-state index in [0.717, 1.165) is 28.2 Å². The lowest BCUT2D eigenvalue weighted by Crippen LogP contribution is -2.20. The van der Waals surface area contributed by atoms with Gasteiger partial charge in [0.25, 0.3) is 0 Å². The van der Waals surface area contributed by atoms with E-state index in [4.69, 9.17) is 11.6 Å². The molecule has 21 heavy (non-hydrogen) atoms. The van der Waals surface area contributed by atoms with E-state index in [-0.39, 0.29) is 5.92 Å². The molecule has 0 radical (unpaired) electrons. The molecule has 1 aromatic heterocycles. The Morgan fingerprint density at radius 1 is 1.19 bits per heavy atom. The van der Waals surface area contributed by atoms with Gasteiger partial charge in [0.05, 0.1) is 0 Å². The maximum absolute atomic E-state index is 6.25. The van der Waals surface area contributed by atoms with Crippen molar-refractivity contribution in [1.29, 1.82) is 0 Å². The van der Waals surface area contributed by atoms with Gasteiger partial charge < -0.3 is 4.90 Å². The van der Waals surface area contributed by atoms with Crippen molar-refractivity contribution in [1.82, 2.24) is 9.97 Å². The number of hydrogen-bond acceptors (Lipinski definition) is 3. The van der Waals surface area contributed by atoms with Crippen molar-refractivity contribution >= 4 is 33.3 Å². The molecule has 0 saturated heterocycles. The summed E-state index contributed by atoms with van der Waals surface area (Å²) in [5.74, 6) is 1.92. The third-order valence-corrected chi connectivity index (χ3v) is 4.19. The summed E-state index contributed by atoms with van der Waals surface area (Å²) in [7, 11) is 2.03. The zero-order valence-electron chi connectivity index (χ0n) is 12.7. The zero-order valence-corrected chi connectivity index (χ0v) is 15.0. The van der Waals surface area contributed by atoms with Crippen molar-refractivity contribution < 1.29 is 0 Å². The zero-order chi connectivity index (χ0) is 15.6. The first-order valence-electron chi connectivity index (χ1n) is 6.88. The van der Waals surface area contributed by atoms with Crippen LogP contribution in [0.15, 0.2) is 28.7 Å². The van der Waals surface area contributed by atoms with Crippen molar-refractivity contribution in [3.8, 4) is 0 Å². The number of rotatable bonds is 4. The molecule has 0 atom stereocenters. The van der Waals surface area contributed by atoms with Crippen molar-refractivity contribution in [3.05, 3.63) is 50.8 Å². The van der Waals surface area contributed by atoms with Crippen LogP contribution in [0.5, 0.6) is 0 Å². The first-order valence-corrected chi connectivity index (χ1v) is 8.05. The smallest absolute Gasteiger partial charge is 0.137 e. The fourth-order valence-corrected chi connectivity index (χ4v) is 2.50. The molecule has 0 amide bonds. The lowest BCUT2D eigenvalue weighted by molar-refractivity contribution is 0.758. The van der Waals surface area contributed by atoms with Gasteiger partial charge in [-0.2, -0.15) is 0 Å². The van der Waals surface area contributed by atoms with Crippen molar-refractivity contribution in [3.63, 3.8) is 0 Å². The van der Waals surface area contributed by atoms with Crippen molar-refractivity contribution in [2.24, 2.45) is 0 Å². The molecule has 1 heterocycles. The molecule has 0 saturated carbocycles. The minimum atomic E-state index is 0.253. The van der Waals surface area contributed by atoms with Crippen LogP contribution in [-0.2, 0) is 6.54 Å². The van der Waals surface area contributed by atoms with Gasteiger partial charge in [-0.25, -0.2) is 9.97 Å². The van der Waals surface area contributed by atoms with Gasteiger partial charge in [0.2, 0.25) is 0 Å². The number of anilines is 1. The van der Waals surface area contributed by atoms with E-state index in [2.05, 4.69) is 56.8 Å². The molecule has 0 N–H and O–H groups in total. The molecule has 0 spiro atoms. The van der Waals surface area contributed by atoms with E-state index in [9.17, 15) is 0 Å². The minimum Gasteiger partial charge on any atom is -0.355 e. The van der Waals surface area contributed by atoms with Crippen LogP contribution in [-0.4, -0.2) is 17.0 Å². The molecule has 0 aliphatic heterocycles. The second-order valence-electron chi connectivity index (χ2n) is 5.46. The maximum atomic E-state index is 6.25. The van der Waals surface area contributed by atoms with Crippen LogP contribution in [0.3, 0.4) is 0 Å². The van der Waals surface area contributed by atoms with E-state index in [1.165, 1.54) is 5.56 Å². The highest BCUT2D eigenvalue weighted by atomic mass is 79.9. The molecule has 2 rings (SSSR count). The molecule has 1 aromatic carbocycles. The summed E-state index contributed by atoms with van der Waals surface area (Å²) in [4.78, 5) is 11.1. The number of aromatic nitrogens is 2. The molecular formula is C16H19BrClN3. The van der Waals surface area contributed by atoms with Gasteiger partial charge >= 0.3 is 0 Å². The third-order valence-electron chi connectivity index (χ3n) is 3.29. The number of nitrogens with zero attached hydrogens (tertiary/aromatic N) is 3. The Labute approximate surface area is 139 Å². The van der Waals surface area contributed by atoms with Gasteiger partial charge in [-0.05, 0) is 24.6 Å². The second kappa shape index (κ2) is 6.75. The molecule has 0 unspecified atom stereocenters. The summed E-state index contributed by atoms with van der Waals surface area (Å²) >= 11 is 9.70. The maximum Gasteiger partial charge on any atom is 0.137 e. The summed E-state index contributed by atoms with van der Waals surface area (Å²) in [6.45, 7) is 6.87. The Hall–Kier alpha value is -1.13. The van der Waals surface area contributed by atoms with E-state index >= 15 is 0 Å². The largest absolute Gasteiger partial charge is 0.355 e. The van der Waals surface area contributed by atoms with Gasteiger partial charge in [0.1, 0.15) is 16.8 Å². The van der Waals surface area contributed by atoms with Gasteiger partial charge in [-0.3, -0.25) is 0 Å². The summed E-state index contributed by atoms with van der Waals surface area (Å²) in [6, 6.07) is 8.29. The Bertz CT molecular complexity index is 626. The Balaban J connectivity index is 2.29. The predicted octanol–water partition coefficient (Wildman–Crippen LogP) is 4.96. The molecule has 0 aliphatic rings. The second-order valence-corrected chi connectivity index (χ2v) is 6.73. The number of hydrogen-bond donors (Lipinski definition) is 0. The highest BCUT2D eigenvalue weighted by molar-refractivity contribution is 9.10. The molecule has 3 nitrogen and oxygen atoms in total. The monoisotopic (exact) mass is 367 g/mol. The van der Waals surface area contributed by atoms with E-state index in [1.807, 2.05) is 26.1 Å². The molecule has 5 heteroatoms. The quantitative estimate of drug-likeness (QED) is 0.714. The number of benzene rings is 1. The van der Waals surface area contributed by atoms with E-state index in [0.29, 0.717) is 5.15 Å². The highest BCUT2D eigenvalue weighted by Gasteiger charge is 2.15. The molecule has 2 aromatic rings. The third kappa shape index (κ3) is 3.95. The van der Waals surface area contributed by atoms with E-state index in [1.54, 1.807) is 0 Å². The molecule has 0 aliphatic carbocycles. The predicted molar refractivity (Wildman–Crippen MR) is 92.1 cm³/mol. The standard InChI is InChI=1S/C16H19BrClN3/c1-10(2)15-19-14(18)11(3)16(20-15)21(4)9-12-5-7-13(17)8-6-12/h5-8,10H,9H2,1-4H3. The fourth-order valence-electron chi connectivity index (χ4n) is 2.06. The van der Waals surface area contributed by atoms with Crippen LogP contribution in [0.2, 0.25) is 5.15 Å². The number of halogens is 2. The molecule has 0 fully saturated rings. The first kappa shape index (κ1) is 16.2. The topological polar surface area (TPSA) is 29.0 Å². The Morgan fingerprint density at radius 2 is 1.81 bits per heavy atom. The van der Waals surface area contributed by atoms with Gasteiger partial charge in [-0.15, -0.1) is 0 Å². The van der Waals surface area contributed by atoms with Crippen LogP contribution in [0.4, 0.5) is 5.82 Å². The van der Waals surface area contributed by atoms with Crippen LogP contribution >= 0.6 is 27.5 Å². The summed E-state index contributed by atoms with van der Waals surface area (Å²) in [5, 5.41) is 0.534. The lowest BCUT2D eigenvalue weighted by Gasteiger charge is -2.22. The lowest BCUT2D eigenvalue weighted by atomic mass is 10.2. The van der Waals surface area contributed by atoms with E-state index < -0.39 is 0 Å². The normalized spacial score (nSPS) is 11.0. The van der Waals surface area contributed by atoms with Crippen LogP contribution in [0.25, 0.3) is 0 Å². The molecule has 0 bridgehead atoms. The van der Waals surface area contributed by atoms with Crippen molar-refractivity contribution in [2.45, 2.75) is 33.2 Å². The Kier molecular flexibility index (Phi) is 5.22. The average molecular weight is 369 g/mol. The fraction of sp³-hybridized carbons (Fsp3) is 0.375. The average Bonchev–Trinajstić information content (AvgIpc) is 2.43. The molecule has 112 valence electrons. The van der Waals surface area contributed by atoms with Gasteiger partial charge in [0.15, 0.2) is 0 Å². The summed E-state index contributed by atoms with van der Waals surface area (Å²) in [5.41, 5.74) is 2.14. The summed E-state index contributed by atoms with van der Waals surface area (Å²) < 4.78 is 1.08. The Morgan fingerprint density at radius 3 is 2.38 bits per heavy atom. The van der Waals surface area contributed by atoms with Gasteiger partial charge in [0, 0.05) is 29.5 Å². The van der Waals surface area contributed by atoms with Crippen molar-refractivity contribution in [2.75, 3.05) is 11.9 Å². The SMILES string of the molecule is Cc1c(Cl)nc(C(C)C)nc1N(C)Cc1ccc(Br)cc1. The van der Waals surface area contributed by atoms with Gasteiger partial charge in [-0.1, -0.05) is 53.5 Å².